The van der Waals surface area contributed by atoms with Gasteiger partial charge in [-0.2, -0.15) is 0 Å². The van der Waals surface area contributed by atoms with E-state index in [1.165, 1.54) is 0 Å². The lowest BCUT2D eigenvalue weighted by Gasteiger charge is -2.23. The summed E-state index contributed by atoms with van der Waals surface area (Å²) in [5, 5.41) is 2.57. The zero-order valence-electron chi connectivity index (χ0n) is 11.5. The van der Waals surface area contributed by atoms with Gasteiger partial charge in [0.1, 0.15) is 12.2 Å². The van der Waals surface area contributed by atoms with Crippen molar-refractivity contribution in [3.8, 4) is 0 Å². The van der Waals surface area contributed by atoms with Crippen LogP contribution >= 0.6 is 0 Å². The molecule has 0 unspecified atom stereocenters. The summed E-state index contributed by atoms with van der Waals surface area (Å²) in [4.78, 5) is 22.7. The highest BCUT2D eigenvalue weighted by molar-refractivity contribution is 5.82. The zero-order chi connectivity index (χ0) is 13.6. The minimum absolute atomic E-state index is 0.153. The van der Waals surface area contributed by atoms with Crippen LogP contribution in [-0.2, 0) is 14.3 Å². The third kappa shape index (κ3) is 6.00. The van der Waals surface area contributed by atoms with E-state index in [9.17, 15) is 9.59 Å². The molecule has 1 aliphatic carbocycles. The van der Waals surface area contributed by atoms with Crippen molar-refractivity contribution in [2.24, 2.45) is 5.92 Å². The average molecular weight is 257 g/mol. The van der Waals surface area contributed by atoms with Crippen molar-refractivity contribution in [3.63, 3.8) is 0 Å². The number of carbonyl (C=O) groups is 2. The fraction of sp³-hybridized carbons (Fsp3) is 0.846. The lowest BCUT2D eigenvalue weighted by atomic mass is 9.82. The van der Waals surface area contributed by atoms with Gasteiger partial charge in [-0.1, -0.05) is 6.42 Å². The van der Waals surface area contributed by atoms with Gasteiger partial charge < -0.3 is 14.8 Å². The van der Waals surface area contributed by atoms with E-state index < -0.39 is 11.7 Å². The normalized spacial score (nSPS) is 15.9. The maximum absolute atomic E-state index is 11.5. The summed E-state index contributed by atoms with van der Waals surface area (Å²) in [5.74, 6) is 0.391. The number of nitrogens with one attached hydrogen (secondary N) is 1. The lowest BCUT2D eigenvalue weighted by molar-refractivity contribution is -0.129. The molecule has 5 nitrogen and oxygen atoms in total. The monoisotopic (exact) mass is 257 g/mol. The molecule has 0 radical (unpaired) electrons. The maximum atomic E-state index is 11.5. The second-order valence-electron chi connectivity index (χ2n) is 5.58. The highest BCUT2D eigenvalue weighted by atomic mass is 16.6. The highest BCUT2D eigenvalue weighted by Gasteiger charge is 2.24. The summed E-state index contributed by atoms with van der Waals surface area (Å²) in [6, 6.07) is 0. The molecule has 1 saturated carbocycles. The van der Waals surface area contributed by atoms with Crippen LogP contribution in [-0.4, -0.2) is 37.2 Å². The zero-order valence-corrected chi connectivity index (χ0v) is 11.5. The van der Waals surface area contributed by atoms with Gasteiger partial charge >= 0.3 is 6.09 Å². The molecule has 1 fully saturated rings. The van der Waals surface area contributed by atoms with Crippen molar-refractivity contribution >= 4 is 11.9 Å². The number of Topliss-reactive ketones (excluding diaryl/α,β-unsaturated/α-hetero) is 1. The van der Waals surface area contributed by atoms with E-state index in [4.69, 9.17) is 9.47 Å². The standard InChI is InChI=1S/C13H23NO4/c1-13(2,3)18-12(16)14-7-8-17-9-11(15)10-5-4-6-10/h10H,4-9H2,1-3H3,(H,14,16). The van der Waals surface area contributed by atoms with Crippen molar-refractivity contribution < 1.29 is 19.1 Å². The second-order valence-corrected chi connectivity index (χ2v) is 5.58. The van der Waals surface area contributed by atoms with Gasteiger partial charge in [-0.3, -0.25) is 4.79 Å². The summed E-state index contributed by atoms with van der Waals surface area (Å²) >= 11 is 0. The third-order valence-electron chi connectivity index (χ3n) is 2.72. The Morgan fingerprint density at radius 3 is 2.44 bits per heavy atom. The Balaban J connectivity index is 1.98. The number of amides is 1. The van der Waals surface area contributed by atoms with Gasteiger partial charge in [0, 0.05) is 12.5 Å². The molecule has 5 heteroatoms. The number of carbonyl (C=O) groups excluding carboxylic acids is 2. The van der Waals surface area contributed by atoms with Gasteiger partial charge in [-0.25, -0.2) is 4.79 Å². The minimum Gasteiger partial charge on any atom is -0.444 e. The van der Waals surface area contributed by atoms with Crippen LogP contribution in [0.3, 0.4) is 0 Å². The van der Waals surface area contributed by atoms with Gasteiger partial charge in [-0.15, -0.1) is 0 Å². The van der Waals surface area contributed by atoms with Crippen LogP contribution < -0.4 is 5.32 Å². The average Bonchev–Trinajstić information content (AvgIpc) is 2.11. The Kier molecular flexibility index (Phi) is 5.59. The number of hydrogen-bond acceptors (Lipinski definition) is 4. The SMILES string of the molecule is CC(C)(C)OC(=O)NCCOCC(=O)C1CCC1. The maximum Gasteiger partial charge on any atom is 0.407 e. The van der Waals surface area contributed by atoms with Crippen LogP contribution in [0.2, 0.25) is 0 Å². The lowest BCUT2D eigenvalue weighted by Crippen LogP contribution is -2.34. The Hall–Kier alpha value is -1.10. The van der Waals surface area contributed by atoms with Crippen LogP contribution in [0.25, 0.3) is 0 Å². The van der Waals surface area contributed by atoms with Gasteiger partial charge in [0.05, 0.1) is 6.61 Å². The summed E-state index contributed by atoms with van der Waals surface area (Å²) in [5.41, 5.74) is -0.495. The predicted octanol–water partition coefficient (Wildman–Crippen LogP) is 1.90. The molecule has 0 spiro atoms. The van der Waals surface area contributed by atoms with E-state index in [0.29, 0.717) is 13.2 Å². The van der Waals surface area contributed by atoms with Crippen LogP contribution in [0, 0.1) is 5.92 Å². The van der Waals surface area contributed by atoms with Gasteiger partial charge in [-0.05, 0) is 33.6 Å². The molecule has 18 heavy (non-hydrogen) atoms. The third-order valence-corrected chi connectivity index (χ3v) is 2.72. The molecule has 0 bridgehead atoms. The molecule has 104 valence electrons. The first-order chi connectivity index (χ1) is 8.38. The molecular weight excluding hydrogens is 234 g/mol. The van der Waals surface area contributed by atoms with E-state index in [-0.39, 0.29) is 18.3 Å². The van der Waals surface area contributed by atoms with Gasteiger partial charge in [0.25, 0.3) is 0 Å². The summed E-state index contributed by atoms with van der Waals surface area (Å²) < 4.78 is 10.3. The van der Waals surface area contributed by atoms with Gasteiger partial charge in [0.15, 0.2) is 5.78 Å². The highest BCUT2D eigenvalue weighted by Crippen LogP contribution is 2.26. The molecule has 0 aromatic carbocycles. The van der Waals surface area contributed by atoms with Crippen molar-refractivity contribution in [3.05, 3.63) is 0 Å². The number of ether oxygens (including phenoxy) is 2. The first-order valence-electron chi connectivity index (χ1n) is 6.46. The van der Waals surface area contributed by atoms with Crippen molar-refractivity contribution in [1.29, 1.82) is 0 Å². The van der Waals surface area contributed by atoms with E-state index in [0.717, 1.165) is 19.3 Å². The van der Waals surface area contributed by atoms with E-state index in [2.05, 4.69) is 5.32 Å². The minimum atomic E-state index is -0.495. The molecule has 0 heterocycles. The first kappa shape index (κ1) is 15.0. The van der Waals surface area contributed by atoms with Gasteiger partial charge in [0.2, 0.25) is 0 Å². The van der Waals surface area contributed by atoms with Crippen LogP contribution in [0.15, 0.2) is 0 Å². The topological polar surface area (TPSA) is 64.6 Å². The van der Waals surface area contributed by atoms with E-state index in [1.54, 1.807) is 20.8 Å². The second kappa shape index (κ2) is 6.73. The molecule has 0 saturated heterocycles. The molecule has 0 aromatic rings. The summed E-state index contributed by atoms with van der Waals surface area (Å²) in [7, 11) is 0. The number of rotatable bonds is 6. The number of hydrogen-bond donors (Lipinski definition) is 1. The smallest absolute Gasteiger partial charge is 0.407 e. The molecule has 0 aliphatic heterocycles. The van der Waals surface area contributed by atoms with Crippen LogP contribution in [0.5, 0.6) is 0 Å². The Morgan fingerprint density at radius 1 is 1.28 bits per heavy atom. The largest absolute Gasteiger partial charge is 0.444 e. The van der Waals surface area contributed by atoms with Crippen molar-refractivity contribution in [2.45, 2.75) is 45.6 Å². The number of ketones is 1. The Bertz CT molecular complexity index is 292. The van der Waals surface area contributed by atoms with E-state index in [1.807, 2.05) is 0 Å². The molecule has 1 amide bonds. The molecule has 1 aliphatic rings. The molecule has 0 atom stereocenters. The van der Waals surface area contributed by atoms with Crippen molar-refractivity contribution in [2.75, 3.05) is 19.8 Å². The first-order valence-corrected chi connectivity index (χ1v) is 6.46. The predicted molar refractivity (Wildman–Crippen MR) is 67.4 cm³/mol. The molecule has 1 rings (SSSR count). The fourth-order valence-electron chi connectivity index (χ4n) is 1.56. The fourth-order valence-corrected chi connectivity index (χ4v) is 1.56. The Labute approximate surface area is 108 Å². The van der Waals surface area contributed by atoms with Crippen LogP contribution in [0.1, 0.15) is 40.0 Å². The van der Waals surface area contributed by atoms with Crippen LogP contribution in [0.4, 0.5) is 4.79 Å². The molecule has 1 N–H and O–H groups in total. The van der Waals surface area contributed by atoms with E-state index >= 15 is 0 Å². The molecule has 0 aromatic heterocycles. The Morgan fingerprint density at radius 2 is 1.94 bits per heavy atom. The molecular formula is C13H23NO4. The quantitative estimate of drug-likeness (QED) is 0.738. The summed E-state index contributed by atoms with van der Waals surface area (Å²) in [6.45, 7) is 6.26. The number of alkyl carbamates (subject to hydrolysis) is 1. The van der Waals surface area contributed by atoms with Crippen molar-refractivity contribution in [1.82, 2.24) is 5.32 Å². The summed E-state index contributed by atoms with van der Waals surface area (Å²) in [6.07, 6.45) is 2.68.